The molecule has 5 nitrogen and oxygen atoms in total. The number of hydrogen-bond acceptors (Lipinski definition) is 4. The lowest BCUT2D eigenvalue weighted by Crippen LogP contribution is -2.24. The monoisotopic (exact) mass is 369 g/mol. The van der Waals surface area contributed by atoms with Gasteiger partial charge in [0.15, 0.2) is 0 Å². The molecule has 0 fully saturated rings. The van der Waals surface area contributed by atoms with Gasteiger partial charge < -0.3 is 9.47 Å². The maximum Gasteiger partial charge on any atom is 0.339 e. The lowest BCUT2D eigenvalue weighted by Gasteiger charge is -2.16. The molecule has 7 heteroatoms. The van der Waals surface area contributed by atoms with E-state index in [1.54, 1.807) is 0 Å². The molecule has 0 radical (unpaired) electrons. The van der Waals surface area contributed by atoms with Crippen molar-refractivity contribution in [3.63, 3.8) is 0 Å². The zero-order valence-electron chi connectivity index (χ0n) is 11.9. The van der Waals surface area contributed by atoms with Gasteiger partial charge in [0.05, 0.1) is 31.2 Å². The number of nitrogens with zero attached hydrogens (tertiary/aromatic N) is 1. The Bertz CT molecular complexity index is 773. The van der Waals surface area contributed by atoms with E-state index >= 15 is 0 Å². The molecule has 0 N–H and O–H groups in total. The summed E-state index contributed by atoms with van der Waals surface area (Å²) < 4.78 is 24.7. The second-order valence-corrected chi connectivity index (χ2v) is 4.87. The second kappa shape index (κ2) is 6.74. The minimum absolute atomic E-state index is 0.202. The third-order valence-electron chi connectivity index (χ3n) is 3.11. The van der Waals surface area contributed by atoms with E-state index in [0.29, 0.717) is 11.4 Å². The number of hydrogen-bond donors (Lipinski definition) is 0. The largest absolute Gasteiger partial charge is 0.495 e. The Balaban J connectivity index is 2.83. The molecule has 0 aliphatic rings. The first-order valence-corrected chi connectivity index (χ1v) is 7.38. The van der Waals surface area contributed by atoms with Gasteiger partial charge >= 0.3 is 5.97 Å². The highest BCUT2D eigenvalue weighted by atomic mass is 79.9. The average molecular weight is 370 g/mol. The van der Waals surface area contributed by atoms with Crippen molar-refractivity contribution < 1.29 is 18.7 Å². The van der Waals surface area contributed by atoms with Crippen LogP contribution >= 0.6 is 15.9 Å². The number of aromatic nitrogens is 1. The van der Waals surface area contributed by atoms with Crippen LogP contribution in [0.5, 0.6) is 5.75 Å². The molecule has 0 saturated heterocycles. The van der Waals surface area contributed by atoms with E-state index in [0.717, 1.165) is 0 Å². The van der Waals surface area contributed by atoms with Gasteiger partial charge in [-0.15, -0.1) is 0 Å². The zero-order chi connectivity index (χ0) is 16.3. The first-order valence-electron chi connectivity index (χ1n) is 6.26. The summed E-state index contributed by atoms with van der Waals surface area (Å²) >= 11 is 3.25. The molecule has 0 bridgehead atoms. The van der Waals surface area contributed by atoms with Gasteiger partial charge in [0.25, 0.3) is 5.56 Å². The standard InChI is InChI=1S/C15H13BrFNO4/c1-21-13-5-3-9(17)7-11(13)18-12(8-16)10(15(20)22-2)4-6-14(18)19/h3-7H,8H2,1-2H3. The molecule has 0 atom stereocenters. The van der Waals surface area contributed by atoms with Crippen molar-refractivity contribution in [2.75, 3.05) is 14.2 Å². The van der Waals surface area contributed by atoms with Crippen LogP contribution in [0.1, 0.15) is 16.1 Å². The Morgan fingerprint density at radius 2 is 2.00 bits per heavy atom. The van der Waals surface area contributed by atoms with Crippen LogP contribution in [0, 0.1) is 5.82 Å². The molecule has 0 saturated carbocycles. The van der Waals surface area contributed by atoms with Crippen LogP contribution in [0.25, 0.3) is 5.69 Å². The molecule has 0 amide bonds. The van der Waals surface area contributed by atoms with Crippen LogP contribution in [-0.4, -0.2) is 24.8 Å². The van der Waals surface area contributed by atoms with Gasteiger partial charge in [0.1, 0.15) is 11.6 Å². The third-order valence-corrected chi connectivity index (χ3v) is 3.64. The number of carbonyl (C=O) groups is 1. The highest BCUT2D eigenvalue weighted by molar-refractivity contribution is 9.08. The summed E-state index contributed by atoms with van der Waals surface area (Å²) in [4.78, 5) is 24.1. The molecular formula is C15H13BrFNO4. The van der Waals surface area contributed by atoms with E-state index in [4.69, 9.17) is 9.47 Å². The molecule has 0 unspecified atom stereocenters. The molecular weight excluding hydrogens is 357 g/mol. The normalized spacial score (nSPS) is 10.4. The van der Waals surface area contributed by atoms with Crippen molar-refractivity contribution in [1.29, 1.82) is 0 Å². The van der Waals surface area contributed by atoms with Crippen LogP contribution in [0.3, 0.4) is 0 Å². The van der Waals surface area contributed by atoms with Gasteiger partial charge in [-0.2, -0.15) is 0 Å². The third kappa shape index (κ3) is 2.89. The number of ether oxygens (including phenoxy) is 2. The van der Waals surface area contributed by atoms with Crippen LogP contribution in [0.4, 0.5) is 4.39 Å². The number of rotatable bonds is 4. The molecule has 0 spiro atoms. The van der Waals surface area contributed by atoms with Crippen molar-refractivity contribution >= 4 is 21.9 Å². The Morgan fingerprint density at radius 1 is 1.27 bits per heavy atom. The summed E-state index contributed by atoms with van der Waals surface area (Å²) in [5.41, 5.74) is 0.368. The van der Waals surface area contributed by atoms with Crippen LogP contribution in [0.15, 0.2) is 35.1 Å². The molecule has 1 aromatic heterocycles. The van der Waals surface area contributed by atoms with Gasteiger partial charge in [0.2, 0.25) is 0 Å². The summed E-state index contributed by atoms with van der Waals surface area (Å²) in [5.74, 6) is -0.794. The van der Waals surface area contributed by atoms with Crippen LogP contribution in [-0.2, 0) is 10.1 Å². The highest BCUT2D eigenvalue weighted by Gasteiger charge is 2.19. The van der Waals surface area contributed by atoms with E-state index in [9.17, 15) is 14.0 Å². The second-order valence-electron chi connectivity index (χ2n) is 4.31. The lowest BCUT2D eigenvalue weighted by atomic mass is 10.1. The smallest absolute Gasteiger partial charge is 0.339 e. The van der Waals surface area contributed by atoms with Gasteiger partial charge in [-0.1, -0.05) is 15.9 Å². The number of alkyl halides is 1. The maximum absolute atomic E-state index is 13.6. The van der Waals surface area contributed by atoms with Gasteiger partial charge in [-0.3, -0.25) is 9.36 Å². The summed E-state index contributed by atoms with van der Waals surface area (Å²) in [7, 11) is 2.66. The summed E-state index contributed by atoms with van der Waals surface area (Å²) in [5, 5.41) is 0.202. The predicted octanol–water partition coefficient (Wildman–Crippen LogP) is 2.67. The highest BCUT2D eigenvalue weighted by Crippen LogP contribution is 2.25. The zero-order valence-corrected chi connectivity index (χ0v) is 13.5. The van der Waals surface area contributed by atoms with E-state index < -0.39 is 17.3 Å². The molecule has 0 aliphatic heterocycles. The van der Waals surface area contributed by atoms with E-state index in [2.05, 4.69) is 15.9 Å². The number of benzene rings is 1. The Hall–Kier alpha value is -2.15. The van der Waals surface area contributed by atoms with Crippen molar-refractivity contribution in [1.82, 2.24) is 4.57 Å². The Labute approximate surface area is 134 Å². The SMILES string of the molecule is COC(=O)c1ccc(=O)n(-c2cc(F)ccc2OC)c1CBr. The topological polar surface area (TPSA) is 57.5 Å². The molecule has 2 rings (SSSR count). The Kier molecular flexibility index (Phi) is 4.97. The van der Waals surface area contributed by atoms with Crippen molar-refractivity contribution in [2.24, 2.45) is 0 Å². The summed E-state index contributed by atoms with van der Waals surface area (Å²) in [6, 6.07) is 6.43. The quantitative estimate of drug-likeness (QED) is 0.614. The van der Waals surface area contributed by atoms with Crippen LogP contribution < -0.4 is 10.3 Å². The van der Waals surface area contributed by atoms with Crippen molar-refractivity contribution in [2.45, 2.75) is 5.33 Å². The van der Waals surface area contributed by atoms with Gasteiger partial charge in [-0.05, 0) is 18.2 Å². The lowest BCUT2D eigenvalue weighted by molar-refractivity contribution is 0.0599. The fourth-order valence-electron chi connectivity index (χ4n) is 2.11. The van der Waals surface area contributed by atoms with Crippen molar-refractivity contribution in [3.8, 4) is 11.4 Å². The number of esters is 1. The summed E-state index contributed by atoms with van der Waals surface area (Å²) in [6.45, 7) is 0. The first kappa shape index (κ1) is 16.2. The fraction of sp³-hybridized carbons (Fsp3) is 0.200. The minimum atomic E-state index is -0.585. The molecule has 22 heavy (non-hydrogen) atoms. The van der Waals surface area contributed by atoms with Gasteiger partial charge in [0, 0.05) is 17.5 Å². The Morgan fingerprint density at radius 3 is 2.59 bits per heavy atom. The fourth-order valence-corrected chi connectivity index (χ4v) is 2.66. The maximum atomic E-state index is 13.6. The van der Waals surface area contributed by atoms with E-state index in [1.165, 1.54) is 49.1 Å². The predicted molar refractivity (Wildman–Crippen MR) is 82.5 cm³/mol. The van der Waals surface area contributed by atoms with E-state index in [1.807, 2.05) is 0 Å². The molecule has 1 heterocycles. The first-order chi connectivity index (χ1) is 10.5. The molecule has 0 aliphatic carbocycles. The van der Waals surface area contributed by atoms with Gasteiger partial charge in [-0.25, -0.2) is 9.18 Å². The minimum Gasteiger partial charge on any atom is -0.495 e. The number of halogens is 2. The van der Waals surface area contributed by atoms with E-state index in [-0.39, 0.29) is 16.6 Å². The van der Waals surface area contributed by atoms with Crippen molar-refractivity contribution in [3.05, 3.63) is 57.8 Å². The average Bonchev–Trinajstić information content (AvgIpc) is 2.53. The molecule has 116 valence electrons. The number of pyridine rings is 1. The number of methoxy groups -OCH3 is 2. The number of carbonyl (C=O) groups excluding carboxylic acids is 1. The van der Waals surface area contributed by atoms with Crippen LogP contribution in [0.2, 0.25) is 0 Å². The molecule has 2 aromatic rings. The molecule has 1 aromatic carbocycles. The summed E-state index contributed by atoms with van der Waals surface area (Å²) in [6.07, 6.45) is 0.